The van der Waals surface area contributed by atoms with Crippen LogP contribution in [-0.2, 0) is 15.9 Å². The van der Waals surface area contributed by atoms with Gasteiger partial charge in [-0.15, -0.1) is 0 Å². The minimum atomic E-state index is -1.88. The first-order valence-electron chi connectivity index (χ1n) is 18.2. The van der Waals surface area contributed by atoms with E-state index >= 15 is 0 Å². The Morgan fingerprint density at radius 3 is 2.26 bits per heavy atom. The molecular formula is C39H52N4O14. The molecule has 18 heteroatoms. The molecule has 10 N–H and O–H groups in total. The second-order valence-electron chi connectivity index (χ2n) is 13.7. The van der Waals surface area contributed by atoms with Gasteiger partial charge in [0.2, 0.25) is 17.8 Å². The monoisotopic (exact) mass is 800 g/mol. The molecule has 3 aromatic carbocycles. The molecule has 0 radical (unpaired) electrons. The average Bonchev–Trinajstić information content (AvgIpc) is 3.18. The number of rotatable bonds is 19. The van der Waals surface area contributed by atoms with Gasteiger partial charge in [0.25, 0.3) is 0 Å². The lowest BCUT2D eigenvalue weighted by Gasteiger charge is -2.40. The molecule has 0 spiro atoms. The number of hydrogen-bond donors (Lipinski definition) is 9. The molecule has 57 heavy (non-hydrogen) atoms. The molecule has 0 bridgehead atoms. The Labute approximate surface area is 329 Å². The summed E-state index contributed by atoms with van der Waals surface area (Å²) in [6.45, 7) is 5.05. The minimum Gasteiger partial charge on any atom is -0.504 e. The predicted molar refractivity (Wildman–Crippen MR) is 206 cm³/mol. The van der Waals surface area contributed by atoms with E-state index in [-0.39, 0.29) is 53.8 Å². The fourth-order valence-electron chi connectivity index (χ4n) is 5.74. The maximum Gasteiger partial charge on any atom is 0.342 e. The SMILES string of the molecule is CN=C(N)NCOc1cc(C(=O)O)c(NC(C)CCC(C)C)cc1OC1OC(COC(=O)c2cc(OC)c(O)c(OCCc3ccccc3)c2O)C(O)C(O)C1O. The first-order chi connectivity index (χ1) is 27.1. The van der Waals surface area contributed by atoms with Gasteiger partial charge in [0.1, 0.15) is 36.6 Å². The van der Waals surface area contributed by atoms with Gasteiger partial charge in [-0.05, 0) is 31.2 Å². The van der Waals surface area contributed by atoms with Crippen molar-refractivity contribution in [3.63, 3.8) is 0 Å². The van der Waals surface area contributed by atoms with E-state index in [1.165, 1.54) is 26.3 Å². The Morgan fingerprint density at radius 2 is 1.61 bits per heavy atom. The third-order valence-electron chi connectivity index (χ3n) is 9.02. The number of methoxy groups -OCH3 is 1. The van der Waals surface area contributed by atoms with Crippen LogP contribution in [0.2, 0.25) is 0 Å². The molecular weight excluding hydrogens is 748 g/mol. The summed E-state index contributed by atoms with van der Waals surface area (Å²) in [5.74, 6) is -4.15. The number of aliphatic hydroxyl groups is 3. The van der Waals surface area contributed by atoms with Gasteiger partial charge < -0.3 is 75.4 Å². The van der Waals surface area contributed by atoms with Crippen molar-refractivity contribution in [3.05, 3.63) is 65.2 Å². The Bertz CT molecular complexity index is 1840. The van der Waals surface area contributed by atoms with Crippen LogP contribution < -0.4 is 35.3 Å². The number of carboxylic acid groups (broad SMARTS) is 1. The zero-order valence-corrected chi connectivity index (χ0v) is 32.4. The smallest absolute Gasteiger partial charge is 0.342 e. The third-order valence-corrected chi connectivity index (χ3v) is 9.02. The summed E-state index contributed by atoms with van der Waals surface area (Å²) < 4.78 is 33.7. The molecule has 4 rings (SSSR count). The molecule has 1 heterocycles. The molecule has 0 amide bonds. The van der Waals surface area contributed by atoms with Crippen molar-refractivity contribution in [3.8, 4) is 34.5 Å². The molecule has 6 unspecified atom stereocenters. The Kier molecular flexibility index (Phi) is 15.8. The average molecular weight is 801 g/mol. The van der Waals surface area contributed by atoms with Gasteiger partial charge in [0, 0.05) is 37.7 Å². The normalized spacial score (nSPS) is 20.0. The predicted octanol–water partition coefficient (Wildman–Crippen LogP) is 2.58. The molecule has 1 aliphatic rings. The molecule has 0 aliphatic carbocycles. The van der Waals surface area contributed by atoms with E-state index in [4.69, 9.17) is 34.2 Å². The van der Waals surface area contributed by atoms with Crippen molar-refractivity contribution in [1.82, 2.24) is 5.32 Å². The lowest BCUT2D eigenvalue weighted by Crippen LogP contribution is -2.60. The number of anilines is 1. The van der Waals surface area contributed by atoms with Crippen molar-refractivity contribution in [2.45, 2.75) is 76.8 Å². The summed E-state index contributed by atoms with van der Waals surface area (Å²) in [4.78, 5) is 29.4. The van der Waals surface area contributed by atoms with Crippen LogP contribution in [0, 0.1) is 5.92 Å². The van der Waals surface area contributed by atoms with Crippen molar-refractivity contribution in [2.24, 2.45) is 16.6 Å². The van der Waals surface area contributed by atoms with Crippen LogP contribution in [-0.4, -0.2) is 119 Å². The van der Waals surface area contributed by atoms with Crippen LogP contribution in [0.25, 0.3) is 0 Å². The van der Waals surface area contributed by atoms with Gasteiger partial charge in [-0.25, -0.2) is 9.59 Å². The Balaban J connectivity index is 1.56. The topological polar surface area (TPSA) is 273 Å². The molecule has 3 aromatic rings. The number of nitrogens with one attached hydrogen (secondary N) is 2. The highest BCUT2D eigenvalue weighted by Crippen LogP contribution is 2.46. The summed E-state index contributed by atoms with van der Waals surface area (Å²) in [5.41, 5.74) is 6.17. The maximum atomic E-state index is 13.3. The number of carbonyl (C=O) groups is 2. The number of carboxylic acids is 1. The van der Waals surface area contributed by atoms with Gasteiger partial charge in [-0.1, -0.05) is 44.2 Å². The lowest BCUT2D eigenvalue weighted by molar-refractivity contribution is -0.277. The van der Waals surface area contributed by atoms with Crippen LogP contribution in [0.4, 0.5) is 5.69 Å². The summed E-state index contributed by atoms with van der Waals surface area (Å²) in [7, 11) is 2.68. The number of aromatic carboxylic acids is 1. The van der Waals surface area contributed by atoms with E-state index in [1.807, 2.05) is 37.3 Å². The zero-order chi connectivity index (χ0) is 41.8. The second kappa shape index (κ2) is 20.5. The number of aliphatic hydroxyl groups excluding tert-OH is 3. The molecule has 18 nitrogen and oxygen atoms in total. The number of guanidine groups is 1. The Morgan fingerprint density at radius 1 is 0.912 bits per heavy atom. The largest absolute Gasteiger partial charge is 0.504 e. The van der Waals surface area contributed by atoms with Gasteiger partial charge in [-0.2, -0.15) is 0 Å². The maximum absolute atomic E-state index is 13.3. The quantitative estimate of drug-likeness (QED) is 0.0365. The number of aromatic hydroxyl groups is 2. The van der Waals surface area contributed by atoms with E-state index in [2.05, 4.69) is 29.5 Å². The van der Waals surface area contributed by atoms with Gasteiger partial charge in [-0.3, -0.25) is 4.99 Å². The molecule has 1 fully saturated rings. The first-order valence-corrected chi connectivity index (χ1v) is 18.2. The zero-order valence-electron chi connectivity index (χ0n) is 32.4. The van der Waals surface area contributed by atoms with Gasteiger partial charge in [0.15, 0.2) is 35.7 Å². The Hall–Kier alpha value is -5.69. The van der Waals surface area contributed by atoms with E-state index in [9.17, 15) is 40.2 Å². The molecule has 1 saturated heterocycles. The van der Waals surface area contributed by atoms with E-state index in [1.54, 1.807) is 0 Å². The highest BCUT2D eigenvalue weighted by atomic mass is 16.7. The molecule has 0 aromatic heterocycles. The fraction of sp³-hybridized carbons (Fsp3) is 0.462. The van der Waals surface area contributed by atoms with Crippen molar-refractivity contribution in [2.75, 3.05) is 39.4 Å². The van der Waals surface area contributed by atoms with Crippen molar-refractivity contribution in [1.29, 1.82) is 0 Å². The second-order valence-corrected chi connectivity index (χ2v) is 13.7. The summed E-state index contributed by atoms with van der Waals surface area (Å²) in [5, 5.41) is 70.1. The number of esters is 1. The van der Waals surface area contributed by atoms with E-state index < -0.39 is 72.1 Å². The molecule has 0 saturated carbocycles. The number of hydrogen-bond acceptors (Lipinski definition) is 15. The van der Waals surface area contributed by atoms with Crippen LogP contribution in [0.5, 0.6) is 34.5 Å². The van der Waals surface area contributed by atoms with Crippen molar-refractivity contribution < 1.29 is 68.6 Å². The number of phenols is 2. The summed E-state index contributed by atoms with van der Waals surface area (Å²) in [6.07, 6.45) is -6.76. The molecule has 312 valence electrons. The van der Waals surface area contributed by atoms with Gasteiger partial charge in [0.05, 0.1) is 25.0 Å². The summed E-state index contributed by atoms with van der Waals surface area (Å²) >= 11 is 0. The van der Waals surface area contributed by atoms with E-state index in [0.717, 1.165) is 24.5 Å². The van der Waals surface area contributed by atoms with Crippen molar-refractivity contribution >= 4 is 23.6 Å². The van der Waals surface area contributed by atoms with Crippen LogP contribution in [0.15, 0.2) is 53.5 Å². The number of carbonyl (C=O) groups excluding carboxylic acids is 1. The van der Waals surface area contributed by atoms with E-state index in [0.29, 0.717) is 12.3 Å². The fourth-order valence-corrected chi connectivity index (χ4v) is 5.74. The van der Waals surface area contributed by atoms with Crippen LogP contribution in [0.1, 0.15) is 59.9 Å². The standard InChI is InChI=1S/C39H52N4O14/c1-20(2)11-12-21(3)43-25-17-27(26(15-23(25)36(49)50)55-19-42-39(40)41-4)56-38-34(48)33(47)31(45)29(57-38)18-54-37(51)24-16-28(52-5)32(46)35(30(24)44)53-14-13-22-9-7-6-8-10-22/h6-10,15-17,20-21,29,31,33-34,38,43-48H,11-14,18-19H2,1-5H3,(H,49,50)(H3,40,41,42). The number of nitrogens with two attached hydrogens (primary N) is 1. The van der Waals surface area contributed by atoms with Crippen LogP contribution >= 0.6 is 0 Å². The minimum absolute atomic E-state index is 0.0224. The van der Waals surface area contributed by atoms with Gasteiger partial charge >= 0.3 is 11.9 Å². The number of ether oxygens (including phenoxy) is 6. The number of phenolic OH excluding ortho intramolecular Hbond substituents is 2. The number of aliphatic imine (C=N–C) groups is 1. The van der Waals surface area contributed by atoms with Crippen LogP contribution in [0.3, 0.4) is 0 Å². The summed E-state index contributed by atoms with van der Waals surface area (Å²) in [6, 6.07) is 12.7. The highest BCUT2D eigenvalue weighted by molar-refractivity contribution is 5.96. The lowest BCUT2D eigenvalue weighted by atomic mass is 9.99. The first kappa shape index (κ1) is 44.0. The molecule has 1 aliphatic heterocycles. The number of benzene rings is 3. The number of nitrogens with zero attached hydrogens (tertiary/aromatic N) is 1. The third kappa shape index (κ3) is 11.7. The molecule has 6 atom stereocenters. The highest BCUT2D eigenvalue weighted by Gasteiger charge is 2.46.